The van der Waals surface area contributed by atoms with Crippen LogP contribution in [0.1, 0.15) is 31.4 Å². The van der Waals surface area contributed by atoms with Crippen LogP contribution in [0.15, 0.2) is 24.4 Å². The SMILES string of the molecule is COCCCNC(=O)N1CCc2cn(CC(C)C)c3cccc(c23)C1. The van der Waals surface area contributed by atoms with Crippen LogP contribution in [0.3, 0.4) is 0 Å². The van der Waals surface area contributed by atoms with Gasteiger partial charge >= 0.3 is 6.03 Å². The van der Waals surface area contributed by atoms with Crippen LogP contribution in [0.2, 0.25) is 0 Å². The first-order valence-corrected chi connectivity index (χ1v) is 9.21. The van der Waals surface area contributed by atoms with Crippen molar-refractivity contribution in [3.63, 3.8) is 0 Å². The number of amides is 2. The molecule has 2 heterocycles. The predicted octanol–water partition coefficient (Wildman–Crippen LogP) is 3.40. The lowest BCUT2D eigenvalue weighted by molar-refractivity contribution is 0.184. The number of benzene rings is 1. The molecule has 5 heteroatoms. The number of hydrogen-bond acceptors (Lipinski definition) is 2. The molecule has 2 aromatic rings. The standard InChI is InChI=1S/C20H29N3O2/c1-15(2)12-23-14-17-8-10-22(20(24)21-9-5-11-25-3)13-16-6-4-7-18(23)19(16)17/h4,6-7,14-15H,5,8-13H2,1-3H3,(H,21,24). The van der Waals surface area contributed by atoms with E-state index in [0.717, 1.165) is 25.9 Å². The van der Waals surface area contributed by atoms with Crippen LogP contribution in [0, 0.1) is 5.92 Å². The fraction of sp³-hybridized carbons (Fsp3) is 0.550. The van der Waals surface area contributed by atoms with Crippen LogP contribution in [0.4, 0.5) is 4.79 Å². The molecule has 0 unspecified atom stereocenters. The van der Waals surface area contributed by atoms with Gasteiger partial charge in [0.25, 0.3) is 0 Å². The van der Waals surface area contributed by atoms with Gasteiger partial charge in [0.1, 0.15) is 0 Å². The Balaban J connectivity index is 1.78. The van der Waals surface area contributed by atoms with Gasteiger partial charge in [-0.3, -0.25) is 0 Å². The molecule has 3 rings (SSSR count). The van der Waals surface area contributed by atoms with E-state index < -0.39 is 0 Å². The van der Waals surface area contributed by atoms with Crippen LogP contribution in [0.25, 0.3) is 10.9 Å². The Morgan fingerprint density at radius 1 is 1.32 bits per heavy atom. The Morgan fingerprint density at radius 3 is 2.92 bits per heavy atom. The summed E-state index contributed by atoms with van der Waals surface area (Å²) in [7, 11) is 1.68. The number of nitrogens with one attached hydrogen (secondary N) is 1. The first kappa shape index (κ1) is 17.8. The van der Waals surface area contributed by atoms with Gasteiger partial charge in [-0.05, 0) is 36.0 Å². The van der Waals surface area contributed by atoms with Gasteiger partial charge in [0.05, 0.1) is 0 Å². The summed E-state index contributed by atoms with van der Waals surface area (Å²) in [6, 6.07) is 6.49. The van der Waals surface area contributed by atoms with E-state index in [1.165, 1.54) is 22.0 Å². The third-order valence-electron chi connectivity index (χ3n) is 4.73. The number of nitrogens with zero attached hydrogens (tertiary/aromatic N) is 2. The number of ether oxygens (including phenoxy) is 1. The largest absolute Gasteiger partial charge is 0.385 e. The molecular formula is C20H29N3O2. The smallest absolute Gasteiger partial charge is 0.317 e. The van der Waals surface area contributed by atoms with E-state index in [9.17, 15) is 4.79 Å². The van der Waals surface area contributed by atoms with Crippen molar-refractivity contribution in [1.29, 1.82) is 0 Å². The second kappa shape index (κ2) is 7.91. The molecule has 25 heavy (non-hydrogen) atoms. The molecule has 0 bridgehead atoms. The van der Waals surface area contributed by atoms with Crippen LogP contribution < -0.4 is 5.32 Å². The average molecular weight is 343 g/mol. The van der Waals surface area contributed by atoms with E-state index in [0.29, 0.717) is 25.6 Å². The number of urea groups is 1. The average Bonchev–Trinajstić information content (AvgIpc) is 2.81. The molecule has 136 valence electrons. The van der Waals surface area contributed by atoms with Gasteiger partial charge in [-0.25, -0.2) is 4.79 Å². The van der Waals surface area contributed by atoms with Crippen LogP contribution >= 0.6 is 0 Å². The zero-order valence-corrected chi connectivity index (χ0v) is 15.5. The second-order valence-corrected chi connectivity index (χ2v) is 7.26. The zero-order chi connectivity index (χ0) is 17.8. The summed E-state index contributed by atoms with van der Waals surface area (Å²) in [4.78, 5) is 14.4. The summed E-state index contributed by atoms with van der Waals surface area (Å²) >= 11 is 0. The Morgan fingerprint density at radius 2 is 2.16 bits per heavy atom. The number of methoxy groups -OCH3 is 1. The van der Waals surface area contributed by atoms with Gasteiger partial charge < -0.3 is 19.5 Å². The van der Waals surface area contributed by atoms with Crippen molar-refractivity contribution in [1.82, 2.24) is 14.8 Å². The van der Waals surface area contributed by atoms with Gasteiger partial charge in [0.15, 0.2) is 0 Å². The number of aromatic nitrogens is 1. The highest BCUT2D eigenvalue weighted by molar-refractivity contribution is 5.88. The predicted molar refractivity (Wildman–Crippen MR) is 101 cm³/mol. The molecule has 0 fully saturated rings. The monoisotopic (exact) mass is 343 g/mol. The van der Waals surface area contributed by atoms with E-state index in [1.807, 2.05) is 4.90 Å². The molecule has 1 aromatic carbocycles. The molecule has 0 atom stereocenters. The number of carbonyl (C=O) groups is 1. The van der Waals surface area contributed by atoms with E-state index >= 15 is 0 Å². The van der Waals surface area contributed by atoms with Crippen molar-refractivity contribution in [2.75, 3.05) is 26.8 Å². The van der Waals surface area contributed by atoms with Gasteiger partial charge in [-0.1, -0.05) is 26.0 Å². The van der Waals surface area contributed by atoms with Crippen LogP contribution in [-0.4, -0.2) is 42.3 Å². The topological polar surface area (TPSA) is 46.5 Å². The minimum absolute atomic E-state index is 0.0216. The van der Waals surface area contributed by atoms with E-state index in [4.69, 9.17) is 4.74 Å². The zero-order valence-electron chi connectivity index (χ0n) is 15.5. The maximum Gasteiger partial charge on any atom is 0.317 e. The Hall–Kier alpha value is -2.01. The first-order valence-electron chi connectivity index (χ1n) is 9.21. The third kappa shape index (κ3) is 3.98. The van der Waals surface area contributed by atoms with Gasteiger partial charge in [-0.15, -0.1) is 0 Å². The summed E-state index contributed by atoms with van der Waals surface area (Å²) in [5, 5.41) is 4.35. The number of hydrogen-bond donors (Lipinski definition) is 1. The maximum atomic E-state index is 12.5. The first-order chi connectivity index (χ1) is 12.1. The molecule has 1 aromatic heterocycles. The quantitative estimate of drug-likeness (QED) is 0.817. The lowest BCUT2D eigenvalue weighted by Crippen LogP contribution is -2.40. The van der Waals surface area contributed by atoms with Crippen molar-refractivity contribution in [3.05, 3.63) is 35.5 Å². The Kier molecular flexibility index (Phi) is 5.63. The Labute approximate surface area is 149 Å². The molecule has 1 aliphatic rings. The number of carbonyl (C=O) groups excluding carboxylic acids is 1. The second-order valence-electron chi connectivity index (χ2n) is 7.26. The fourth-order valence-electron chi connectivity index (χ4n) is 3.62. The van der Waals surface area contributed by atoms with E-state index in [-0.39, 0.29) is 6.03 Å². The maximum absolute atomic E-state index is 12.5. The minimum atomic E-state index is 0.0216. The molecule has 0 saturated carbocycles. The van der Waals surface area contributed by atoms with Crippen molar-refractivity contribution < 1.29 is 9.53 Å². The summed E-state index contributed by atoms with van der Waals surface area (Å²) in [5.74, 6) is 0.615. The van der Waals surface area contributed by atoms with Gasteiger partial charge in [-0.2, -0.15) is 0 Å². The van der Waals surface area contributed by atoms with E-state index in [2.05, 4.69) is 48.1 Å². The highest BCUT2D eigenvalue weighted by Gasteiger charge is 2.22. The molecule has 2 amide bonds. The minimum Gasteiger partial charge on any atom is -0.385 e. The van der Waals surface area contributed by atoms with Crippen molar-refractivity contribution >= 4 is 16.9 Å². The normalized spacial score (nSPS) is 14.2. The van der Waals surface area contributed by atoms with Crippen molar-refractivity contribution in [2.45, 2.75) is 39.8 Å². The summed E-state index contributed by atoms with van der Waals surface area (Å²) in [6.07, 6.45) is 4.03. The molecule has 0 radical (unpaired) electrons. The molecule has 0 aliphatic carbocycles. The highest BCUT2D eigenvalue weighted by Crippen LogP contribution is 2.30. The van der Waals surface area contributed by atoms with Gasteiger partial charge in [0.2, 0.25) is 0 Å². The summed E-state index contributed by atoms with van der Waals surface area (Å²) in [6.45, 7) is 8.28. The summed E-state index contributed by atoms with van der Waals surface area (Å²) in [5.41, 5.74) is 3.91. The van der Waals surface area contributed by atoms with Crippen molar-refractivity contribution in [2.24, 2.45) is 5.92 Å². The highest BCUT2D eigenvalue weighted by atomic mass is 16.5. The summed E-state index contributed by atoms with van der Waals surface area (Å²) < 4.78 is 7.41. The van der Waals surface area contributed by atoms with E-state index in [1.54, 1.807) is 7.11 Å². The third-order valence-corrected chi connectivity index (χ3v) is 4.73. The molecule has 0 spiro atoms. The molecule has 1 N–H and O–H groups in total. The fourth-order valence-corrected chi connectivity index (χ4v) is 3.62. The van der Waals surface area contributed by atoms with Crippen molar-refractivity contribution in [3.8, 4) is 0 Å². The molecule has 0 saturated heterocycles. The van der Waals surface area contributed by atoms with Crippen LogP contribution in [0.5, 0.6) is 0 Å². The van der Waals surface area contributed by atoms with Crippen LogP contribution in [-0.2, 0) is 24.2 Å². The molecule has 5 nitrogen and oxygen atoms in total. The lowest BCUT2D eigenvalue weighted by Gasteiger charge is -2.22. The lowest BCUT2D eigenvalue weighted by atomic mass is 10.1. The molecular weight excluding hydrogens is 314 g/mol. The van der Waals surface area contributed by atoms with Gasteiger partial charge in [0, 0.05) is 57.0 Å². The molecule has 1 aliphatic heterocycles. The Bertz CT molecular complexity index is 736. The number of rotatable bonds is 6.